The first-order chi connectivity index (χ1) is 16.6. The Labute approximate surface area is 201 Å². The van der Waals surface area contributed by atoms with Crippen LogP contribution in [0.1, 0.15) is 30.5 Å². The molecule has 2 N–H and O–H groups in total. The molecule has 7 nitrogen and oxygen atoms in total. The number of rotatable bonds is 11. The molecule has 0 aliphatic carbocycles. The molecule has 1 heterocycles. The molecule has 3 aromatic rings. The molecule has 34 heavy (non-hydrogen) atoms. The lowest BCUT2D eigenvalue weighted by Gasteiger charge is -2.20. The number of carbonyl (C=O) groups excluding carboxylic acids is 2. The summed E-state index contributed by atoms with van der Waals surface area (Å²) < 4.78 is 5.32. The molecular formula is C27H32N4O3. The van der Waals surface area contributed by atoms with Gasteiger partial charge in [-0.25, -0.2) is 9.78 Å². The molecule has 0 spiro atoms. The van der Waals surface area contributed by atoms with E-state index in [4.69, 9.17) is 4.74 Å². The van der Waals surface area contributed by atoms with E-state index >= 15 is 0 Å². The van der Waals surface area contributed by atoms with Gasteiger partial charge in [0.05, 0.1) is 0 Å². The summed E-state index contributed by atoms with van der Waals surface area (Å²) in [7, 11) is 0. The van der Waals surface area contributed by atoms with Gasteiger partial charge in [0.15, 0.2) is 0 Å². The third kappa shape index (κ3) is 7.62. The quantitative estimate of drug-likeness (QED) is 0.451. The van der Waals surface area contributed by atoms with E-state index in [1.807, 2.05) is 72.8 Å². The van der Waals surface area contributed by atoms with Crippen LogP contribution < -0.4 is 15.5 Å². The average Bonchev–Trinajstić information content (AvgIpc) is 2.88. The lowest BCUT2D eigenvalue weighted by atomic mass is 10.1. The van der Waals surface area contributed by atoms with Crippen LogP contribution in [0.25, 0.3) is 0 Å². The minimum absolute atomic E-state index is 0.136. The van der Waals surface area contributed by atoms with E-state index in [1.165, 1.54) is 0 Å². The van der Waals surface area contributed by atoms with Crippen LogP contribution in [0.5, 0.6) is 0 Å². The molecule has 0 bridgehead atoms. The number of nitrogens with zero attached hydrogens (tertiary/aromatic N) is 2. The van der Waals surface area contributed by atoms with Gasteiger partial charge < -0.3 is 20.3 Å². The molecule has 0 aliphatic heterocycles. The minimum Gasteiger partial charge on any atom is -0.445 e. The van der Waals surface area contributed by atoms with Crippen LogP contribution in [0.3, 0.4) is 0 Å². The Morgan fingerprint density at radius 1 is 0.882 bits per heavy atom. The van der Waals surface area contributed by atoms with Crippen LogP contribution >= 0.6 is 0 Å². The molecule has 0 fully saturated rings. The van der Waals surface area contributed by atoms with Gasteiger partial charge in [0, 0.05) is 32.3 Å². The van der Waals surface area contributed by atoms with Crippen molar-refractivity contribution in [2.24, 2.45) is 0 Å². The fourth-order valence-electron chi connectivity index (χ4n) is 3.53. The Morgan fingerprint density at radius 2 is 1.53 bits per heavy atom. The molecule has 0 unspecified atom stereocenters. The number of hydrogen-bond acceptors (Lipinski definition) is 5. The van der Waals surface area contributed by atoms with Crippen LogP contribution in [-0.4, -0.2) is 36.1 Å². The van der Waals surface area contributed by atoms with Gasteiger partial charge in [0.25, 0.3) is 0 Å². The first-order valence-corrected chi connectivity index (χ1v) is 11.6. The van der Waals surface area contributed by atoms with Crippen molar-refractivity contribution in [3.8, 4) is 0 Å². The van der Waals surface area contributed by atoms with Crippen molar-refractivity contribution in [2.75, 3.05) is 18.0 Å². The summed E-state index contributed by atoms with van der Waals surface area (Å²) in [6.45, 7) is 6.39. The van der Waals surface area contributed by atoms with Crippen LogP contribution in [-0.2, 0) is 29.1 Å². The fraction of sp³-hybridized carbons (Fsp3) is 0.296. The van der Waals surface area contributed by atoms with Crippen molar-refractivity contribution in [2.45, 2.75) is 39.5 Å². The second-order valence-electron chi connectivity index (χ2n) is 7.86. The van der Waals surface area contributed by atoms with Crippen LogP contribution in [0.2, 0.25) is 0 Å². The number of benzene rings is 2. The van der Waals surface area contributed by atoms with Gasteiger partial charge in [-0.1, -0.05) is 66.7 Å². The molecular weight excluding hydrogens is 428 g/mol. The second kappa shape index (κ2) is 13.0. The molecule has 2 aromatic carbocycles. The molecule has 2 amide bonds. The summed E-state index contributed by atoms with van der Waals surface area (Å²) in [4.78, 5) is 32.1. The normalized spacial score (nSPS) is 11.4. The average molecular weight is 461 g/mol. The summed E-state index contributed by atoms with van der Waals surface area (Å²) in [5.41, 5.74) is 2.70. The van der Waals surface area contributed by atoms with Crippen LogP contribution in [0.15, 0.2) is 79.0 Å². The number of nitrogens with one attached hydrogen (secondary N) is 2. The number of alkyl carbamates (subject to hydrolysis) is 1. The van der Waals surface area contributed by atoms with Gasteiger partial charge in [0.1, 0.15) is 18.5 Å². The Kier molecular flexibility index (Phi) is 9.46. The number of pyridine rings is 1. The second-order valence-corrected chi connectivity index (χ2v) is 7.86. The van der Waals surface area contributed by atoms with Gasteiger partial charge in [-0.05, 0) is 36.6 Å². The van der Waals surface area contributed by atoms with E-state index in [2.05, 4.69) is 34.4 Å². The lowest BCUT2D eigenvalue weighted by molar-refractivity contribution is -0.123. The first-order valence-electron chi connectivity index (χ1n) is 11.6. The Balaban J connectivity index is 1.60. The van der Waals surface area contributed by atoms with Crippen molar-refractivity contribution in [1.29, 1.82) is 0 Å². The van der Waals surface area contributed by atoms with Crippen molar-refractivity contribution in [3.05, 3.63) is 95.7 Å². The van der Waals surface area contributed by atoms with Gasteiger partial charge in [-0.3, -0.25) is 4.79 Å². The summed E-state index contributed by atoms with van der Waals surface area (Å²) in [6.07, 6.45) is 1.48. The van der Waals surface area contributed by atoms with E-state index in [0.717, 1.165) is 35.6 Å². The van der Waals surface area contributed by atoms with Gasteiger partial charge in [-0.2, -0.15) is 0 Å². The zero-order valence-electron chi connectivity index (χ0n) is 19.7. The maximum absolute atomic E-state index is 13.0. The Hall–Kier alpha value is -3.87. The number of hydrogen-bond donors (Lipinski definition) is 2. The molecule has 0 aliphatic rings. The molecule has 0 saturated heterocycles. The third-order valence-corrected chi connectivity index (χ3v) is 5.47. The standard InChI is InChI=1S/C27H32N4O3/c1-3-31(4-2)25-16-15-23(18-28-25)19-29-26(32)24(17-21-11-7-5-8-12-21)30-27(33)34-20-22-13-9-6-10-14-22/h5-16,18,24H,3-4,17,19-20H2,1-2H3,(H,29,32)(H,30,33)/t24-/m0/s1. The predicted octanol–water partition coefficient (Wildman–Crippen LogP) is 4.08. The SMILES string of the molecule is CCN(CC)c1ccc(CNC(=O)[C@H](Cc2ccccc2)NC(=O)OCc2ccccc2)cn1. The summed E-state index contributed by atoms with van der Waals surface area (Å²) >= 11 is 0. The van der Waals surface area contributed by atoms with Gasteiger partial charge >= 0.3 is 6.09 Å². The summed E-state index contributed by atoms with van der Waals surface area (Å²) in [5, 5.41) is 5.63. The zero-order chi connectivity index (χ0) is 24.2. The molecule has 0 saturated carbocycles. The summed E-state index contributed by atoms with van der Waals surface area (Å²) in [6, 6.07) is 22.1. The first kappa shape index (κ1) is 24.8. The number of carbonyl (C=O) groups is 2. The van der Waals surface area contributed by atoms with E-state index in [0.29, 0.717) is 13.0 Å². The molecule has 1 atom stereocenters. The Bertz CT molecular complexity index is 1020. The summed E-state index contributed by atoms with van der Waals surface area (Å²) in [5.74, 6) is 0.623. The van der Waals surface area contributed by atoms with Gasteiger partial charge in [-0.15, -0.1) is 0 Å². The molecule has 1 aromatic heterocycles. The zero-order valence-corrected chi connectivity index (χ0v) is 19.7. The molecule has 0 radical (unpaired) electrons. The number of anilines is 1. The molecule has 3 rings (SSSR count). The van der Waals surface area contributed by atoms with E-state index in [-0.39, 0.29) is 12.5 Å². The van der Waals surface area contributed by atoms with Crippen molar-refractivity contribution >= 4 is 17.8 Å². The monoisotopic (exact) mass is 460 g/mol. The molecule has 178 valence electrons. The largest absolute Gasteiger partial charge is 0.445 e. The van der Waals surface area contributed by atoms with E-state index in [9.17, 15) is 9.59 Å². The fourth-order valence-corrected chi connectivity index (χ4v) is 3.53. The highest BCUT2D eigenvalue weighted by atomic mass is 16.5. The number of amides is 2. The highest BCUT2D eigenvalue weighted by molar-refractivity contribution is 5.85. The Morgan fingerprint density at radius 3 is 2.12 bits per heavy atom. The van der Waals surface area contributed by atoms with Crippen molar-refractivity contribution in [1.82, 2.24) is 15.6 Å². The number of aromatic nitrogens is 1. The van der Waals surface area contributed by atoms with E-state index < -0.39 is 12.1 Å². The highest BCUT2D eigenvalue weighted by Gasteiger charge is 2.22. The topological polar surface area (TPSA) is 83.6 Å². The lowest BCUT2D eigenvalue weighted by Crippen LogP contribution is -2.48. The maximum Gasteiger partial charge on any atom is 0.408 e. The third-order valence-electron chi connectivity index (χ3n) is 5.47. The molecule has 7 heteroatoms. The predicted molar refractivity (Wildman–Crippen MR) is 133 cm³/mol. The van der Waals surface area contributed by atoms with Crippen molar-refractivity contribution in [3.63, 3.8) is 0 Å². The highest BCUT2D eigenvalue weighted by Crippen LogP contribution is 2.11. The van der Waals surface area contributed by atoms with E-state index in [1.54, 1.807) is 6.20 Å². The minimum atomic E-state index is -0.770. The van der Waals surface area contributed by atoms with Crippen molar-refractivity contribution < 1.29 is 14.3 Å². The van der Waals surface area contributed by atoms with Crippen LogP contribution in [0.4, 0.5) is 10.6 Å². The van der Waals surface area contributed by atoms with Crippen LogP contribution in [0, 0.1) is 0 Å². The number of ether oxygens (including phenoxy) is 1. The van der Waals surface area contributed by atoms with Gasteiger partial charge in [0.2, 0.25) is 5.91 Å². The maximum atomic E-state index is 13.0. The smallest absolute Gasteiger partial charge is 0.408 e.